The van der Waals surface area contributed by atoms with Crippen molar-refractivity contribution in [2.75, 3.05) is 21.3 Å². The van der Waals surface area contributed by atoms with Crippen LogP contribution in [-0.2, 0) is 22.5 Å². The molecule has 2 unspecified atom stereocenters. The molecule has 7 heteroatoms. The van der Waals surface area contributed by atoms with Crippen molar-refractivity contribution in [1.82, 2.24) is 0 Å². The lowest BCUT2D eigenvalue weighted by atomic mass is 10.2. The Labute approximate surface area is 163 Å². The highest BCUT2D eigenvalue weighted by Gasteiger charge is 2.46. The Morgan fingerprint density at radius 1 is 0.885 bits per heavy atom. The van der Waals surface area contributed by atoms with Crippen LogP contribution in [0.15, 0.2) is 0 Å². The Bertz CT molecular complexity index is 372. The smallest absolute Gasteiger partial charge is 0.501 e. The minimum Gasteiger partial charge on any atom is -0.519 e. The molecule has 0 rings (SSSR count). The molecule has 0 fully saturated rings. The highest BCUT2D eigenvalue weighted by molar-refractivity contribution is 6.76. The SMILES string of the molecule is CCCC[Si](CCCC)(OC(=O)C(C)C[Si](OC)(OC)OC)C(C)CC. The van der Waals surface area contributed by atoms with Gasteiger partial charge in [-0.3, -0.25) is 4.79 Å². The number of unbranched alkanes of at least 4 members (excludes halogenated alkanes) is 2. The zero-order valence-electron chi connectivity index (χ0n) is 18.4. The molecule has 0 saturated heterocycles. The Hall–Kier alpha value is -0.216. The van der Waals surface area contributed by atoms with E-state index in [1.54, 1.807) is 21.3 Å². The minimum atomic E-state index is -2.79. The zero-order chi connectivity index (χ0) is 20.2. The molecular weight excluding hydrogens is 364 g/mol. The summed E-state index contributed by atoms with van der Waals surface area (Å²) in [5.41, 5.74) is 0.478. The molecule has 0 saturated carbocycles. The van der Waals surface area contributed by atoms with Crippen LogP contribution in [0.5, 0.6) is 0 Å². The molecule has 0 heterocycles. The van der Waals surface area contributed by atoms with E-state index in [0.29, 0.717) is 11.6 Å². The van der Waals surface area contributed by atoms with Gasteiger partial charge in [-0.05, 0) is 17.6 Å². The molecule has 0 spiro atoms. The van der Waals surface area contributed by atoms with Crippen molar-refractivity contribution in [3.8, 4) is 0 Å². The summed E-state index contributed by atoms with van der Waals surface area (Å²) in [5.74, 6) is -0.395. The number of carbonyl (C=O) groups excluding carboxylic acids is 1. The number of hydrogen-bond acceptors (Lipinski definition) is 5. The molecule has 0 N–H and O–H groups in total. The van der Waals surface area contributed by atoms with E-state index in [1.165, 1.54) is 0 Å². The predicted octanol–water partition coefficient (Wildman–Crippen LogP) is 5.39. The van der Waals surface area contributed by atoms with Crippen LogP contribution in [0.4, 0.5) is 0 Å². The van der Waals surface area contributed by atoms with Gasteiger partial charge in [0.1, 0.15) is 0 Å². The molecule has 0 amide bonds. The summed E-state index contributed by atoms with van der Waals surface area (Å²) in [6.45, 7) is 10.8. The van der Waals surface area contributed by atoms with Gasteiger partial charge in [0, 0.05) is 27.4 Å². The van der Waals surface area contributed by atoms with E-state index >= 15 is 0 Å². The highest BCUT2D eigenvalue weighted by atomic mass is 28.4. The first kappa shape index (κ1) is 25.8. The van der Waals surface area contributed by atoms with Gasteiger partial charge in [-0.25, -0.2) is 0 Å². The molecule has 0 aliphatic heterocycles. The summed E-state index contributed by atoms with van der Waals surface area (Å²) in [6, 6.07) is 2.58. The topological polar surface area (TPSA) is 54.0 Å². The van der Waals surface area contributed by atoms with Crippen LogP contribution < -0.4 is 0 Å². The van der Waals surface area contributed by atoms with E-state index in [0.717, 1.165) is 44.2 Å². The Morgan fingerprint density at radius 2 is 1.35 bits per heavy atom. The maximum absolute atomic E-state index is 13.0. The highest BCUT2D eigenvalue weighted by Crippen LogP contribution is 2.37. The second-order valence-corrected chi connectivity index (χ2v) is 14.7. The third kappa shape index (κ3) is 7.42. The summed E-state index contributed by atoms with van der Waals surface area (Å²) in [4.78, 5) is 13.0. The molecule has 0 bridgehead atoms. The summed E-state index contributed by atoms with van der Waals surface area (Å²) in [6.07, 6.45) is 5.60. The average Bonchev–Trinajstić information content (AvgIpc) is 2.67. The zero-order valence-corrected chi connectivity index (χ0v) is 20.4. The summed E-state index contributed by atoms with van der Waals surface area (Å²) >= 11 is 0. The Morgan fingerprint density at radius 3 is 1.69 bits per heavy atom. The first-order valence-electron chi connectivity index (χ1n) is 10.2. The molecule has 5 nitrogen and oxygen atoms in total. The monoisotopic (exact) mass is 406 g/mol. The van der Waals surface area contributed by atoms with Crippen molar-refractivity contribution in [3.63, 3.8) is 0 Å². The van der Waals surface area contributed by atoms with Crippen LogP contribution in [0.25, 0.3) is 0 Å². The Balaban J connectivity index is 5.35. The maximum atomic E-state index is 13.0. The minimum absolute atomic E-state index is 0.104. The molecule has 0 aliphatic rings. The van der Waals surface area contributed by atoms with Crippen molar-refractivity contribution in [1.29, 1.82) is 0 Å². The molecule has 156 valence electrons. The van der Waals surface area contributed by atoms with E-state index in [1.807, 2.05) is 6.92 Å². The number of hydrogen-bond donors (Lipinski definition) is 0. The first-order valence-corrected chi connectivity index (χ1v) is 14.5. The molecule has 26 heavy (non-hydrogen) atoms. The van der Waals surface area contributed by atoms with Crippen molar-refractivity contribution in [2.24, 2.45) is 5.92 Å². The van der Waals surface area contributed by atoms with Crippen LogP contribution in [0, 0.1) is 5.92 Å². The lowest BCUT2D eigenvalue weighted by Crippen LogP contribution is -2.48. The molecular formula is C19H42O5Si2. The van der Waals surface area contributed by atoms with Gasteiger partial charge >= 0.3 is 8.80 Å². The Kier molecular flexibility index (Phi) is 12.9. The van der Waals surface area contributed by atoms with Gasteiger partial charge in [0.25, 0.3) is 14.3 Å². The van der Waals surface area contributed by atoms with Gasteiger partial charge < -0.3 is 17.7 Å². The maximum Gasteiger partial charge on any atom is 0.501 e. The van der Waals surface area contributed by atoms with Crippen LogP contribution >= 0.6 is 0 Å². The molecule has 0 aromatic rings. The fraction of sp³-hybridized carbons (Fsp3) is 0.947. The van der Waals surface area contributed by atoms with Gasteiger partial charge in [0.15, 0.2) is 0 Å². The summed E-state index contributed by atoms with van der Waals surface area (Å²) in [5, 5.41) is 0. The second-order valence-electron chi connectivity index (χ2n) is 7.40. The first-order chi connectivity index (χ1) is 12.3. The van der Waals surface area contributed by atoms with Gasteiger partial charge in [0.05, 0.1) is 5.92 Å². The molecule has 0 aliphatic carbocycles. The normalized spacial score (nSPS) is 14.9. The fourth-order valence-corrected chi connectivity index (χ4v) is 10.2. The lowest BCUT2D eigenvalue weighted by Gasteiger charge is -2.37. The quantitative estimate of drug-likeness (QED) is 0.341. The molecule has 0 aromatic carbocycles. The predicted molar refractivity (Wildman–Crippen MR) is 112 cm³/mol. The van der Waals surface area contributed by atoms with Crippen LogP contribution in [0.3, 0.4) is 0 Å². The summed E-state index contributed by atoms with van der Waals surface area (Å²) < 4.78 is 22.8. The van der Waals surface area contributed by atoms with Crippen LogP contribution in [0.1, 0.15) is 66.7 Å². The van der Waals surface area contributed by atoms with Crippen molar-refractivity contribution in [3.05, 3.63) is 0 Å². The average molecular weight is 407 g/mol. The van der Waals surface area contributed by atoms with E-state index in [2.05, 4.69) is 27.7 Å². The van der Waals surface area contributed by atoms with Crippen LogP contribution in [0.2, 0.25) is 23.7 Å². The molecule has 2 atom stereocenters. The van der Waals surface area contributed by atoms with E-state index in [-0.39, 0.29) is 11.9 Å². The lowest BCUT2D eigenvalue weighted by molar-refractivity contribution is -0.139. The summed E-state index contributed by atoms with van der Waals surface area (Å²) in [7, 11) is -0.176. The third-order valence-corrected chi connectivity index (χ3v) is 13.8. The van der Waals surface area contributed by atoms with Gasteiger partial charge in [-0.2, -0.15) is 0 Å². The third-order valence-electron chi connectivity index (χ3n) is 5.61. The van der Waals surface area contributed by atoms with Crippen LogP contribution in [-0.4, -0.2) is 44.4 Å². The van der Waals surface area contributed by atoms with Crippen molar-refractivity contribution < 1.29 is 22.5 Å². The van der Waals surface area contributed by atoms with Gasteiger partial charge in [-0.15, -0.1) is 0 Å². The fourth-order valence-electron chi connectivity index (χ4n) is 3.40. The van der Waals surface area contributed by atoms with E-state index in [4.69, 9.17) is 17.7 Å². The van der Waals surface area contributed by atoms with Gasteiger partial charge in [0.2, 0.25) is 0 Å². The van der Waals surface area contributed by atoms with E-state index < -0.39 is 17.1 Å². The number of rotatable bonds is 15. The molecule has 0 radical (unpaired) electrons. The number of carbonyl (C=O) groups is 1. The second kappa shape index (κ2) is 13.0. The largest absolute Gasteiger partial charge is 0.519 e. The van der Waals surface area contributed by atoms with Gasteiger partial charge in [-0.1, -0.05) is 66.7 Å². The molecule has 0 aromatic heterocycles. The standard InChI is InChI=1S/C19H42O5Si2/c1-9-12-14-25(15-13-10-2,18(5)11-3)24-19(20)17(4)16-26(21-6,22-7)23-8/h17-18H,9-16H2,1-8H3. The van der Waals surface area contributed by atoms with E-state index in [9.17, 15) is 4.79 Å². The van der Waals surface area contributed by atoms with Crippen molar-refractivity contribution >= 4 is 23.1 Å². The van der Waals surface area contributed by atoms with Crippen molar-refractivity contribution in [2.45, 2.75) is 90.4 Å².